The van der Waals surface area contributed by atoms with E-state index in [1.165, 1.54) is 0 Å². The minimum Gasteiger partial charge on any atom is -0.384 e. The maximum absolute atomic E-state index is 5.84. The third-order valence-corrected chi connectivity index (χ3v) is 2.49. The number of anilines is 1. The first-order valence-electron chi connectivity index (χ1n) is 5.21. The highest BCUT2D eigenvalue weighted by molar-refractivity contribution is 5.41. The Hall–Kier alpha value is -1.16. The molecule has 4 heteroatoms. The van der Waals surface area contributed by atoms with Crippen LogP contribution in [0.2, 0.25) is 0 Å². The van der Waals surface area contributed by atoms with E-state index in [1.807, 2.05) is 13.8 Å². The van der Waals surface area contributed by atoms with Gasteiger partial charge in [0.15, 0.2) is 0 Å². The zero-order valence-corrected chi connectivity index (χ0v) is 9.87. The number of nitrogens with zero attached hydrogens (tertiary/aromatic N) is 2. The highest BCUT2D eigenvalue weighted by atomic mass is 16.5. The van der Waals surface area contributed by atoms with E-state index in [2.05, 4.69) is 16.9 Å². The lowest BCUT2D eigenvalue weighted by molar-refractivity contribution is 0.181. The lowest BCUT2D eigenvalue weighted by atomic mass is 10.1. The molecule has 0 bridgehead atoms. The van der Waals surface area contributed by atoms with Gasteiger partial charge in [-0.25, -0.2) is 9.97 Å². The van der Waals surface area contributed by atoms with Crippen LogP contribution in [0.1, 0.15) is 36.8 Å². The third-order valence-electron chi connectivity index (χ3n) is 2.49. The van der Waals surface area contributed by atoms with Crippen molar-refractivity contribution in [2.24, 2.45) is 0 Å². The molecule has 1 unspecified atom stereocenters. The van der Waals surface area contributed by atoms with Gasteiger partial charge in [0, 0.05) is 24.3 Å². The summed E-state index contributed by atoms with van der Waals surface area (Å²) in [5, 5.41) is 0. The molecule has 0 saturated carbocycles. The first kappa shape index (κ1) is 11.9. The third kappa shape index (κ3) is 2.65. The number of ether oxygens (including phenoxy) is 1. The molecule has 0 radical (unpaired) electrons. The predicted octanol–water partition coefficient (Wildman–Crippen LogP) is 1.68. The average Bonchev–Trinajstić information content (AvgIpc) is 2.22. The quantitative estimate of drug-likeness (QED) is 0.819. The molecule has 1 rings (SSSR count). The minimum atomic E-state index is 0.184. The summed E-state index contributed by atoms with van der Waals surface area (Å²) >= 11 is 0. The van der Waals surface area contributed by atoms with Gasteiger partial charge in [-0.1, -0.05) is 13.8 Å². The molecule has 0 aliphatic rings. The van der Waals surface area contributed by atoms with Gasteiger partial charge >= 0.3 is 0 Å². The number of hydrogen-bond donors (Lipinski definition) is 1. The highest BCUT2D eigenvalue weighted by Crippen LogP contribution is 2.17. The molecular formula is C11H19N3O. The van der Waals surface area contributed by atoms with Gasteiger partial charge in [0.25, 0.3) is 0 Å². The van der Waals surface area contributed by atoms with E-state index in [9.17, 15) is 0 Å². The van der Waals surface area contributed by atoms with Crippen molar-refractivity contribution in [1.82, 2.24) is 9.97 Å². The fraction of sp³-hybridized carbons (Fsp3) is 0.636. The number of hydrogen-bond acceptors (Lipinski definition) is 4. The topological polar surface area (TPSA) is 61.0 Å². The largest absolute Gasteiger partial charge is 0.384 e. The van der Waals surface area contributed by atoms with Crippen molar-refractivity contribution in [2.45, 2.75) is 33.1 Å². The van der Waals surface area contributed by atoms with Gasteiger partial charge in [-0.3, -0.25) is 0 Å². The van der Waals surface area contributed by atoms with Crippen LogP contribution < -0.4 is 5.73 Å². The van der Waals surface area contributed by atoms with Gasteiger partial charge in [-0.15, -0.1) is 0 Å². The summed E-state index contributed by atoms with van der Waals surface area (Å²) in [6.07, 6.45) is 0.880. The Morgan fingerprint density at radius 2 is 2.07 bits per heavy atom. The second kappa shape index (κ2) is 5.07. The SMILES string of the molecule is CCc1nc(C(C)COC)nc(N)c1C. The van der Waals surface area contributed by atoms with Gasteiger partial charge in [0.2, 0.25) is 0 Å². The van der Waals surface area contributed by atoms with Crippen LogP contribution in [0, 0.1) is 6.92 Å². The smallest absolute Gasteiger partial charge is 0.136 e. The van der Waals surface area contributed by atoms with E-state index in [-0.39, 0.29) is 5.92 Å². The zero-order chi connectivity index (χ0) is 11.4. The van der Waals surface area contributed by atoms with Crippen molar-refractivity contribution in [2.75, 3.05) is 19.5 Å². The number of rotatable bonds is 4. The van der Waals surface area contributed by atoms with E-state index < -0.39 is 0 Å². The molecule has 1 aromatic rings. The van der Waals surface area contributed by atoms with Crippen molar-refractivity contribution in [1.29, 1.82) is 0 Å². The molecule has 1 aromatic heterocycles. The molecule has 0 aromatic carbocycles. The Kier molecular flexibility index (Phi) is 4.03. The monoisotopic (exact) mass is 209 g/mol. The van der Waals surface area contributed by atoms with Gasteiger partial charge in [-0.2, -0.15) is 0 Å². The maximum atomic E-state index is 5.84. The van der Waals surface area contributed by atoms with E-state index in [0.717, 1.165) is 23.5 Å². The second-order valence-corrected chi connectivity index (χ2v) is 3.75. The van der Waals surface area contributed by atoms with E-state index in [0.29, 0.717) is 12.4 Å². The van der Waals surface area contributed by atoms with Crippen molar-refractivity contribution in [3.8, 4) is 0 Å². The maximum Gasteiger partial charge on any atom is 0.136 e. The molecule has 2 N–H and O–H groups in total. The molecule has 0 spiro atoms. The van der Waals surface area contributed by atoms with Crippen molar-refractivity contribution in [3.63, 3.8) is 0 Å². The first-order chi connectivity index (χ1) is 7.10. The number of nitrogen functional groups attached to an aromatic ring is 1. The molecular weight excluding hydrogens is 190 g/mol. The summed E-state index contributed by atoms with van der Waals surface area (Å²) < 4.78 is 5.08. The van der Waals surface area contributed by atoms with Gasteiger partial charge in [0.1, 0.15) is 11.6 Å². The van der Waals surface area contributed by atoms with Crippen LogP contribution in [0.5, 0.6) is 0 Å². The number of aromatic nitrogens is 2. The summed E-state index contributed by atoms with van der Waals surface area (Å²) in [5.41, 5.74) is 7.86. The zero-order valence-electron chi connectivity index (χ0n) is 9.87. The van der Waals surface area contributed by atoms with Gasteiger partial charge in [0.05, 0.1) is 6.61 Å². The van der Waals surface area contributed by atoms with E-state index >= 15 is 0 Å². The number of aryl methyl sites for hydroxylation is 1. The molecule has 0 saturated heterocycles. The minimum absolute atomic E-state index is 0.184. The molecule has 1 heterocycles. The standard InChI is InChI=1S/C11H19N3O/c1-5-9-8(3)10(12)14-11(13-9)7(2)6-15-4/h7H,5-6H2,1-4H3,(H2,12,13,14). The van der Waals surface area contributed by atoms with Gasteiger partial charge in [-0.05, 0) is 13.3 Å². The van der Waals surface area contributed by atoms with Crippen LogP contribution in [0.25, 0.3) is 0 Å². The fourth-order valence-corrected chi connectivity index (χ4v) is 1.49. The number of methoxy groups -OCH3 is 1. The first-order valence-corrected chi connectivity index (χ1v) is 5.21. The lowest BCUT2D eigenvalue weighted by Crippen LogP contribution is -2.12. The summed E-state index contributed by atoms with van der Waals surface area (Å²) in [6, 6.07) is 0. The summed E-state index contributed by atoms with van der Waals surface area (Å²) in [7, 11) is 1.68. The Bertz CT molecular complexity index is 339. The van der Waals surface area contributed by atoms with Crippen LogP contribution >= 0.6 is 0 Å². The summed E-state index contributed by atoms with van der Waals surface area (Å²) in [6.45, 7) is 6.68. The normalized spacial score (nSPS) is 12.8. The molecule has 84 valence electrons. The van der Waals surface area contributed by atoms with Crippen LogP contribution in [0.3, 0.4) is 0 Å². The number of nitrogens with two attached hydrogens (primary N) is 1. The van der Waals surface area contributed by atoms with Crippen molar-refractivity contribution >= 4 is 5.82 Å². The van der Waals surface area contributed by atoms with Crippen molar-refractivity contribution < 1.29 is 4.74 Å². The lowest BCUT2D eigenvalue weighted by Gasteiger charge is -2.13. The molecule has 1 atom stereocenters. The summed E-state index contributed by atoms with van der Waals surface area (Å²) in [4.78, 5) is 8.79. The molecule has 0 aliphatic heterocycles. The Balaban J connectivity index is 3.05. The van der Waals surface area contributed by atoms with Crippen LogP contribution in [-0.2, 0) is 11.2 Å². The Morgan fingerprint density at radius 3 is 2.60 bits per heavy atom. The van der Waals surface area contributed by atoms with Crippen LogP contribution in [0.4, 0.5) is 5.82 Å². The highest BCUT2D eigenvalue weighted by Gasteiger charge is 2.12. The van der Waals surface area contributed by atoms with Crippen LogP contribution in [-0.4, -0.2) is 23.7 Å². The van der Waals surface area contributed by atoms with Crippen molar-refractivity contribution in [3.05, 3.63) is 17.1 Å². The van der Waals surface area contributed by atoms with Gasteiger partial charge < -0.3 is 10.5 Å². The molecule has 0 fully saturated rings. The fourth-order valence-electron chi connectivity index (χ4n) is 1.49. The molecule has 4 nitrogen and oxygen atoms in total. The van der Waals surface area contributed by atoms with E-state index in [1.54, 1.807) is 7.11 Å². The second-order valence-electron chi connectivity index (χ2n) is 3.75. The average molecular weight is 209 g/mol. The Labute approximate surface area is 90.9 Å². The molecule has 15 heavy (non-hydrogen) atoms. The predicted molar refractivity (Wildman–Crippen MR) is 60.9 cm³/mol. The summed E-state index contributed by atoms with van der Waals surface area (Å²) in [5.74, 6) is 1.54. The van der Waals surface area contributed by atoms with Crippen LogP contribution in [0.15, 0.2) is 0 Å². The Morgan fingerprint density at radius 1 is 1.40 bits per heavy atom. The molecule has 0 amide bonds. The van der Waals surface area contributed by atoms with E-state index in [4.69, 9.17) is 10.5 Å². The molecule has 0 aliphatic carbocycles.